The maximum Gasteiger partial charge on any atom is 0.271 e. The molecule has 2 saturated carbocycles. The van der Waals surface area contributed by atoms with E-state index in [1.165, 1.54) is 25.7 Å². The topological polar surface area (TPSA) is 86.9 Å². The molecule has 5 nitrogen and oxygen atoms in total. The van der Waals surface area contributed by atoms with Gasteiger partial charge >= 0.3 is 0 Å². The molecule has 1 aromatic heterocycles. The number of amides is 1. The van der Waals surface area contributed by atoms with Crippen molar-refractivity contribution in [2.45, 2.75) is 32.2 Å². The zero-order chi connectivity index (χ0) is 12.0. The van der Waals surface area contributed by atoms with Gasteiger partial charge in [0.1, 0.15) is 0 Å². The van der Waals surface area contributed by atoms with Crippen LogP contribution in [0.25, 0.3) is 0 Å². The first-order chi connectivity index (χ1) is 8.13. The monoisotopic (exact) mass is 234 g/mol. The Bertz CT molecular complexity index is 453. The standard InChI is InChI=1S/C12H18N4O/c13-10-6-16(15-11(10)12(14)17)5-9-4-7-1-2-8(9)3-7/h6-9H,1-5,13H2,(H2,14,17). The predicted molar refractivity (Wildman–Crippen MR) is 64.1 cm³/mol. The van der Waals surface area contributed by atoms with Crippen molar-refractivity contribution in [1.82, 2.24) is 9.78 Å². The summed E-state index contributed by atoms with van der Waals surface area (Å²) in [6, 6.07) is 0. The van der Waals surface area contributed by atoms with Gasteiger partial charge in [0.05, 0.1) is 5.69 Å². The molecule has 2 aliphatic carbocycles. The average molecular weight is 234 g/mol. The summed E-state index contributed by atoms with van der Waals surface area (Å²) in [5.74, 6) is 1.93. The summed E-state index contributed by atoms with van der Waals surface area (Å²) in [5.41, 5.74) is 11.5. The number of carbonyl (C=O) groups is 1. The molecule has 0 spiro atoms. The highest BCUT2D eigenvalue weighted by atomic mass is 16.1. The lowest BCUT2D eigenvalue weighted by Gasteiger charge is -2.21. The summed E-state index contributed by atoms with van der Waals surface area (Å²) >= 11 is 0. The molecule has 5 heteroatoms. The van der Waals surface area contributed by atoms with Crippen LogP contribution in [0, 0.1) is 17.8 Å². The molecule has 1 amide bonds. The lowest BCUT2D eigenvalue weighted by molar-refractivity contribution is 0.0995. The summed E-state index contributed by atoms with van der Waals surface area (Å²) < 4.78 is 1.79. The van der Waals surface area contributed by atoms with Crippen molar-refractivity contribution in [3.63, 3.8) is 0 Å². The summed E-state index contributed by atoms with van der Waals surface area (Å²) in [7, 11) is 0. The number of fused-ring (bicyclic) bond motifs is 2. The van der Waals surface area contributed by atoms with Crippen LogP contribution in [0.1, 0.15) is 36.2 Å². The largest absolute Gasteiger partial charge is 0.396 e. The van der Waals surface area contributed by atoms with Crippen molar-refractivity contribution in [3.05, 3.63) is 11.9 Å². The van der Waals surface area contributed by atoms with Crippen LogP contribution >= 0.6 is 0 Å². The Labute approximate surface area is 100 Å². The summed E-state index contributed by atoms with van der Waals surface area (Å²) in [6.45, 7) is 0.874. The molecular weight excluding hydrogens is 216 g/mol. The van der Waals surface area contributed by atoms with Crippen molar-refractivity contribution < 1.29 is 4.79 Å². The molecule has 0 aromatic carbocycles. The van der Waals surface area contributed by atoms with Crippen LogP contribution in [0.2, 0.25) is 0 Å². The molecule has 1 heterocycles. The van der Waals surface area contributed by atoms with Gasteiger partial charge < -0.3 is 11.5 Å². The number of nitrogens with two attached hydrogens (primary N) is 2. The third kappa shape index (κ3) is 1.79. The Hall–Kier alpha value is -1.52. The van der Waals surface area contributed by atoms with Gasteiger partial charge in [-0.05, 0) is 37.0 Å². The molecule has 0 aliphatic heterocycles. The minimum Gasteiger partial charge on any atom is -0.396 e. The normalized spacial score (nSPS) is 30.9. The fourth-order valence-corrected chi connectivity index (χ4v) is 3.56. The first-order valence-corrected chi connectivity index (χ1v) is 6.26. The number of carbonyl (C=O) groups excluding carboxylic acids is 1. The van der Waals surface area contributed by atoms with E-state index in [1.54, 1.807) is 10.9 Å². The number of nitrogens with zero attached hydrogens (tertiary/aromatic N) is 2. The molecule has 2 bridgehead atoms. The molecule has 2 aliphatic rings. The SMILES string of the molecule is NC(=O)c1nn(CC2CC3CCC2C3)cc1N. The molecule has 92 valence electrons. The van der Waals surface area contributed by atoms with E-state index >= 15 is 0 Å². The minimum absolute atomic E-state index is 0.202. The molecular formula is C12H18N4O. The molecule has 3 atom stereocenters. The minimum atomic E-state index is -0.547. The van der Waals surface area contributed by atoms with Crippen LogP contribution < -0.4 is 11.5 Å². The van der Waals surface area contributed by atoms with E-state index in [-0.39, 0.29) is 5.69 Å². The second-order valence-electron chi connectivity index (χ2n) is 5.45. The van der Waals surface area contributed by atoms with Gasteiger partial charge in [0, 0.05) is 12.7 Å². The van der Waals surface area contributed by atoms with Gasteiger partial charge in [0.2, 0.25) is 0 Å². The van der Waals surface area contributed by atoms with Crippen LogP contribution in [0.3, 0.4) is 0 Å². The molecule has 1 aromatic rings. The van der Waals surface area contributed by atoms with Crippen LogP contribution in [-0.4, -0.2) is 15.7 Å². The zero-order valence-electron chi connectivity index (χ0n) is 9.80. The Kier molecular flexibility index (Phi) is 2.34. The Balaban J connectivity index is 1.73. The Morgan fingerprint density at radius 1 is 1.47 bits per heavy atom. The molecule has 3 rings (SSSR count). The van der Waals surface area contributed by atoms with Crippen LogP contribution in [0.4, 0.5) is 5.69 Å². The van der Waals surface area contributed by atoms with E-state index < -0.39 is 5.91 Å². The zero-order valence-corrected chi connectivity index (χ0v) is 9.80. The highest BCUT2D eigenvalue weighted by Crippen LogP contribution is 2.48. The maximum atomic E-state index is 11.1. The van der Waals surface area contributed by atoms with E-state index in [9.17, 15) is 4.79 Å². The molecule has 4 N–H and O–H groups in total. The van der Waals surface area contributed by atoms with E-state index in [2.05, 4.69) is 5.10 Å². The quantitative estimate of drug-likeness (QED) is 0.818. The molecule has 17 heavy (non-hydrogen) atoms. The fourth-order valence-electron chi connectivity index (χ4n) is 3.56. The summed E-state index contributed by atoms with van der Waals surface area (Å²) in [4.78, 5) is 11.1. The van der Waals surface area contributed by atoms with Crippen molar-refractivity contribution in [2.75, 3.05) is 5.73 Å². The van der Waals surface area contributed by atoms with Crippen LogP contribution in [0.5, 0.6) is 0 Å². The Morgan fingerprint density at radius 3 is 2.82 bits per heavy atom. The van der Waals surface area contributed by atoms with E-state index in [1.807, 2.05) is 0 Å². The third-order valence-corrected chi connectivity index (χ3v) is 4.33. The second-order valence-corrected chi connectivity index (χ2v) is 5.45. The number of aromatic nitrogens is 2. The number of anilines is 1. The number of hydrogen-bond donors (Lipinski definition) is 2. The maximum absolute atomic E-state index is 11.1. The molecule has 0 saturated heterocycles. The van der Waals surface area contributed by atoms with E-state index in [0.717, 1.165) is 18.4 Å². The third-order valence-electron chi connectivity index (χ3n) is 4.33. The van der Waals surface area contributed by atoms with E-state index in [0.29, 0.717) is 11.6 Å². The van der Waals surface area contributed by atoms with Crippen molar-refractivity contribution in [1.29, 1.82) is 0 Å². The van der Waals surface area contributed by atoms with Crippen molar-refractivity contribution in [2.24, 2.45) is 23.5 Å². The summed E-state index contributed by atoms with van der Waals surface area (Å²) in [5, 5.41) is 4.17. The highest BCUT2D eigenvalue weighted by molar-refractivity contribution is 5.95. The lowest BCUT2D eigenvalue weighted by atomic mass is 9.89. The van der Waals surface area contributed by atoms with E-state index in [4.69, 9.17) is 11.5 Å². The van der Waals surface area contributed by atoms with Gasteiger partial charge in [-0.2, -0.15) is 5.10 Å². The molecule has 0 radical (unpaired) electrons. The first kappa shape index (κ1) is 10.6. The average Bonchev–Trinajstić information content (AvgIpc) is 2.93. The highest BCUT2D eigenvalue weighted by Gasteiger charge is 2.39. The number of hydrogen-bond acceptors (Lipinski definition) is 3. The first-order valence-electron chi connectivity index (χ1n) is 6.26. The van der Waals surface area contributed by atoms with Gasteiger partial charge in [-0.15, -0.1) is 0 Å². The van der Waals surface area contributed by atoms with Gasteiger partial charge in [0.15, 0.2) is 5.69 Å². The van der Waals surface area contributed by atoms with Crippen molar-refractivity contribution >= 4 is 11.6 Å². The van der Waals surface area contributed by atoms with Gasteiger partial charge in [0.25, 0.3) is 5.91 Å². The van der Waals surface area contributed by atoms with Crippen LogP contribution in [0.15, 0.2) is 6.20 Å². The lowest BCUT2D eigenvalue weighted by Crippen LogP contribution is -2.19. The van der Waals surface area contributed by atoms with Gasteiger partial charge in [-0.25, -0.2) is 0 Å². The fraction of sp³-hybridized carbons (Fsp3) is 0.667. The summed E-state index contributed by atoms with van der Waals surface area (Å²) in [6.07, 6.45) is 7.16. The second kappa shape index (κ2) is 3.75. The predicted octanol–water partition coefficient (Wildman–Crippen LogP) is 1.00. The van der Waals surface area contributed by atoms with Crippen molar-refractivity contribution in [3.8, 4) is 0 Å². The molecule has 2 fully saturated rings. The smallest absolute Gasteiger partial charge is 0.271 e. The van der Waals surface area contributed by atoms with Gasteiger partial charge in [-0.1, -0.05) is 6.42 Å². The van der Waals surface area contributed by atoms with Gasteiger partial charge in [-0.3, -0.25) is 9.48 Å². The van der Waals surface area contributed by atoms with Crippen LogP contribution in [-0.2, 0) is 6.54 Å². The Morgan fingerprint density at radius 2 is 2.29 bits per heavy atom. The number of rotatable bonds is 3. The number of primary amides is 1. The molecule has 3 unspecified atom stereocenters. The number of nitrogen functional groups attached to an aromatic ring is 1.